The number of aromatic nitrogens is 2. The highest BCUT2D eigenvalue weighted by atomic mass is 35.5. The molecule has 0 saturated carbocycles. The third kappa shape index (κ3) is 4.85. The Labute approximate surface area is 180 Å². The number of nitrogens with zero attached hydrogens (tertiary/aromatic N) is 2. The average molecular weight is 433 g/mol. The highest BCUT2D eigenvalue weighted by Crippen LogP contribution is 2.27. The molecular weight excluding hydrogens is 411 g/mol. The molecule has 1 aromatic heterocycles. The zero-order chi connectivity index (χ0) is 20.3. The molecule has 2 N–H and O–H groups in total. The number of benzene rings is 2. The molecule has 0 bridgehead atoms. The summed E-state index contributed by atoms with van der Waals surface area (Å²) in [6.07, 6.45) is 0. The third-order valence-corrected chi connectivity index (χ3v) is 5.52. The topological polar surface area (TPSA) is 41.9 Å². The highest BCUT2D eigenvalue weighted by Gasteiger charge is 2.15. The second kappa shape index (κ2) is 8.95. The van der Waals surface area contributed by atoms with Crippen molar-refractivity contribution >= 4 is 46.2 Å². The maximum absolute atomic E-state index is 6.30. The van der Waals surface area contributed by atoms with Gasteiger partial charge in [0.15, 0.2) is 5.11 Å². The van der Waals surface area contributed by atoms with Crippen LogP contribution in [0.2, 0.25) is 10.0 Å². The van der Waals surface area contributed by atoms with E-state index in [0.29, 0.717) is 28.2 Å². The zero-order valence-corrected chi connectivity index (χ0v) is 18.3. The van der Waals surface area contributed by atoms with Gasteiger partial charge < -0.3 is 10.6 Å². The molecule has 3 rings (SSSR count). The van der Waals surface area contributed by atoms with E-state index in [2.05, 4.69) is 46.9 Å². The van der Waals surface area contributed by atoms with Crippen LogP contribution in [0.3, 0.4) is 0 Å². The van der Waals surface area contributed by atoms with E-state index < -0.39 is 0 Å². The maximum atomic E-state index is 6.30. The van der Waals surface area contributed by atoms with Crippen LogP contribution in [0.25, 0.3) is 0 Å². The first-order valence-electron chi connectivity index (χ1n) is 8.92. The van der Waals surface area contributed by atoms with E-state index in [0.717, 1.165) is 22.6 Å². The van der Waals surface area contributed by atoms with Crippen molar-refractivity contribution in [3.63, 3.8) is 0 Å². The Morgan fingerprint density at radius 2 is 1.68 bits per heavy atom. The lowest BCUT2D eigenvalue weighted by Crippen LogP contribution is -2.28. The minimum Gasteiger partial charge on any atom is -0.358 e. The Morgan fingerprint density at radius 3 is 2.32 bits per heavy atom. The van der Waals surface area contributed by atoms with Gasteiger partial charge in [-0.05, 0) is 50.7 Å². The molecule has 146 valence electrons. The number of nitrogens with one attached hydrogen (secondary N) is 2. The fraction of sp³-hybridized carbons (Fsp3) is 0.238. The van der Waals surface area contributed by atoms with E-state index in [1.807, 2.05) is 36.7 Å². The minimum absolute atomic E-state index is 0.496. The predicted octanol–water partition coefficient (Wildman–Crippen LogP) is 5.65. The first-order valence-corrected chi connectivity index (χ1v) is 10.1. The number of halogens is 2. The molecule has 0 saturated heterocycles. The fourth-order valence-corrected chi connectivity index (χ4v) is 3.60. The minimum atomic E-state index is 0.496. The van der Waals surface area contributed by atoms with Gasteiger partial charge in [-0.25, -0.2) is 0 Å². The summed E-state index contributed by atoms with van der Waals surface area (Å²) in [7, 11) is 0. The van der Waals surface area contributed by atoms with Crippen molar-refractivity contribution in [1.82, 2.24) is 15.1 Å². The van der Waals surface area contributed by atoms with Crippen molar-refractivity contribution in [3.8, 4) is 0 Å². The number of anilines is 1. The summed E-state index contributed by atoms with van der Waals surface area (Å²) in [5.74, 6) is 0. The van der Waals surface area contributed by atoms with Crippen LogP contribution < -0.4 is 10.6 Å². The van der Waals surface area contributed by atoms with Gasteiger partial charge in [-0.15, -0.1) is 0 Å². The van der Waals surface area contributed by atoms with Crippen molar-refractivity contribution < 1.29 is 0 Å². The molecule has 0 atom stereocenters. The molecule has 7 heteroatoms. The second-order valence-corrected chi connectivity index (χ2v) is 7.92. The quantitative estimate of drug-likeness (QED) is 0.511. The van der Waals surface area contributed by atoms with Crippen LogP contribution in [0, 0.1) is 20.8 Å². The second-order valence-electron chi connectivity index (χ2n) is 6.70. The first-order chi connectivity index (χ1) is 13.3. The van der Waals surface area contributed by atoms with Crippen LogP contribution in [0.1, 0.15) is 28.1 Å². The molecule has 3 aromatic rings. The lowest BCUT2D eigenvalue weighted by atomic mass is 10.1. The molecule has 1 heterocycles. The van der Waals surface area contributed by atoms with Crippen molar-refractivity contribution in [2.75, 3.05) is 5.32 Å². The van der Waals surface area contributed by atoms with Crippen LogP contribution in [-0.2, 0) is 13.1 Å². The molecule has 0 amide bonds. The third-order valence-electron chi connectivity index (χ3n) is 4.56. The summed E-state index contributed by atoms with van der Waals surface area (Å²) in [6.45, 7) is 7.17. The van der Waals surface area contributed by atoms with E-state index >= 15 is 0 Å². The number of hydrogen-bond donors (Lipinski definition) is 2. The number of rotatable bonds is 5. The molecule has 4 nitrogen and oxygen atoms in total. The van der Waals surface area contributed by atoms with Gasteiger partial charge in [-0.1, -0.05) is 59.1 Å². The molecule has 0 unspecified atom stereocenters. The highest BCUT2D eigenvalue weighted by molar-refractivity contribution is 7.80. The van der Waals surface area contributed by atoms with E-state index in [1.54, 1.807) is 0 Å². The van der Waals surface area contributed by atoms with Crippen LogP contribution in [0.5, 0.6) is 0 Å². The zero-order valence-electron chi connectivity index (χ0n) is 16.0. The largest absolute Gasteiger partial charge is 0.358 e. The van der Waals surface area contributed by atoms with Crippen LogP contribution >= 0.6 is 35.4 Å². The first kappa shape index (κ1) is 20.6. The van der Waals surface area contributed by atoms with Crippen LogP contribution in [0.15, 0.2) is 42.5 Å². The Hall–Kier alpha value is -2.08. The number of thiocarbonyl (C=S) groups is 1. The van der Waals surface area contributed by atoms with Gasteiger partial charge in [0.2, 0.25) is 0 Å². The van der Waals surface area contributed by atoms with E-state index in [-0.39, 0.29) is 0 Å². The SMILES string of the molecule is Cc1ccc(CNC(=S)Nc2c(C)nn(Cc3c(Cl)cccc3Cl)c2C)cc1. The molecule has 2 aromatic carbocycles. The number of hydrogen-bond acceptors (Lipinski definition) is 2. The molecule has 28 heavy (non-hydrogen) atoms. The summed E-state index contributed by atoms with van der Waals surface area (Å²) in [4.78, 5) is 0. The predicted molar refractivity (Wildman–Crippen MR) is 122 cm³/mol. The van der Waals surface area contributed by atoms with E-state index in [4.69, 9.17) is 35.4 Å². The summed E-state index contributed by atoms with van der Waals surface area (Å²) in [6, 6.07) is 13.9. The Kier molecular flexibility index (Phi) is 6.60. The van der Waals surface area contributed by atoms with E-state index in [1.165, 1.54) is 11.1 Å². The van der Waals surface area contributed by atoms with Gasteiger partial charge in [0.05, 0.1) is 23.6 Å². The summed E-state index contributed by atoms with van der Waals surface area (Å²) >= 11 is 18.1. The number of aryl methyl sites for hydroxylation is 2. The van der Waals surface area contributed by atoms with Crippen molar-refractivity contribution in [1.29, 1.82) is 0 Å². The molecule has 0 aliphatic carbocycles. The van der Waals surface area contributed by atoms with Gasteiger partial charge in [-0.2, -0.15) is 5.10 Å². The molecule has 0 spiro atoms. The molecule has 0 radical (unpaired) electrons. The Bertz CT molecular complexity index is 976. The van der Waals surface area contributed by atoms with E-state index in [9.17, 15) is 0 Å². The fourth-order valence-electron chi connectivity index (χ4n) is 2.91. The maximum Gasteiger partial charge on any atom is 0.171 e. The smallest absolute Gasteiger partial charge is 0.171 e. The van der Waals surface area contributed by atoms with Crippen molar-refractivity contribution in [2.24, 2.45) is 0 Å². The molecule has 0 aliphatic heterocycles. The van der Waals surface area contributed by atoms with Crippen LogP contribution in [-0.4, -0.2) is 14.9 Å². The lowest BCUT2D eigenvalue weighted by molar-refractivity contribution is 0.659. The van der Waals surface area contributed by atoms with Crippen molar-refractivity contribution in [3.05, 3.63) is 80.6 Å². The molecular formula is C21H22Cl2N4S. The Morgan fingerprint density at radius 1 is 1.04 bits per heavy atom. The summed E-state index contributed by atoms with van der Waals surface area (Å²) < 4.78 is 1.88. The van der Waals surface area contributed by atoms with Gasteiger partial charge in [0.1, 0.15) is 0 Å². The molecule has 0 fully saturated rings. The van der Waals surface area contributed by atoms with Gasteiger partial charge in [0, 0.05) is 22.2 Å². The standard InChI is InChI=1S/C21H22Cl2N4S/c1-13-7-9-16(10-8-13)11-24-21(28)25-20-14(2)26-27(15(20)3)12-17-18(22)5-4-6-19(17)23/h4-10H,11-12H2,1-3H3,(H2,24,25,28). The lowest BCUT2D eigenvalue weighted by Gasteiger charge is -2.12. The van der Waals surface area contributed by atoms with Crippen LogP contribution in [0.4, 0.5) is 5.69 Å². The average Bonchev–Trinajstić information content (AvgIpc) is 2.92. The van der Waals surface area contributed by atoms with Crippen molar-refractivity contribution in [2.45, 2.75) is 33.9 Å². The van der Waals surface area contributed by atoms with Gasteiger partial charge in [0.25, 0.3) is 0 Å². The summed E-state index contributed by atoms with van der Waals surface area (Å²) in [5.41, 5.74) is 5.98. The Balaban J connectivity index is 1.69. The van der Waals surface area contributed by atoms with Gasteiger partial charge >= 0.3 is 0 Å². The normalized spacial score (nSPS) is 10.8. The molecule has 0 aliphatic rings. The monoisotopic (exact) mass is 432 g/mol. The summed E-state index contributed by atoms with van der Waals surface area (Å²) in [5, 5.41) is 12.9. The van der Waals surface area contributed by atoms with Gasteiger partial charge in [-0.3, -0.25) is 4.68 Å².